The van der Waals surface area contributed by atoms with Gasteiger partial charge >= 0.3 is 24.1 Å². The smallest absolute Gasteiger partial charge is 0.411 e. The second-order valence-corrected chi connectivity index (χ2v) is 19.1. The molecule has 6 heterocycles. The summed E-state index contributed by atoms with van der Waals surface area (Å²) in [5.74, 6) is 0.0864. The number of alkyl halides is 1. The lowest BCUT2D eigenvalue weighted by atomic mass is 9.85. The number of ether oxygens (including phenoxy) is 6. The number of esters is 2. The summed E-state index contributed by atoms with van der Waals surface area (Å²) in [5.41, 5.74) is 1.43. The van der Waals surface area contributed by atoms with Crippen molar-refractivity contribution in [1.29, 1.82) is 0 Å². The molecule has 2 amide bonds. The van der Waals surface area contributed by atoms with E-state index in [0.717, 1.165) is 33.1 Å². The van der Waals surface area contributed by atoms with Crippen LogP contribution in [0.3, 0.4) is 0 Å². The standard InChI is InChI=1S/C23H27ClN2O5.C23H28N2O6/c1-13-19-18(14-8-6-7-9-16(14)25-13)15(24)10-23(30-19)11-17(20(27)29-5)26(12-23)21(28)31-22(2,3)4;1-13-19-18(14-8-6-7-9-15(14)24-13)17(26)11-23(30-19)10-16(20(27)29-5)25(12-23)21(28)31-22(2,3)4/h6-9,15,17H,10-12H2,1-5H3;6-9,16-17,26H,10-12H2,1-5H3/t15?,17-,23?;16-,17?,23?/m00/s1. The molecule has 2 spiro atoms. The van der Waals surface area contributed by atoms with Gasteiger partial charge in [-0.05, 0) is 67.5 Å². The van der Waals surface area contributed by atoms with Gasteiger partial charge in [0.15, 0.2) is 0 Å². The maximum atomic E-state index is 12.9. The Bertz CT molecular complexity index is 2260. The number of nitrogens with zero attached hydrogens (tertiary/aromatic N) is 4. The second kappa shape index (κ2) is 16.4. The Morgan fingerprint density at radius 2 is 1.08 bits per heavy atom. The predicted molar refractivity (Wildman–Crippen MR) is 229 cm³/mol. The van der Waals surface area contributed by atoms with Crippen LogP contribution in [0.2, 0.25) is 0 Å². The van der Waals surface area contributed by atoms with Crippen molar-refractivity contribution in [2.45, 2.75) is 127 Å². The van der Waals surface area contributed by atoms with E-state index >= 15 is 0 Å². The van der Waals surface area contributed by atoms with Crippen molar-refractivity contribution in [2.75, 3.05) is 27.3 Å². The van der Waals surface area contributed by atoms with E-state index < -0.39 is 64.7 Å². The summed E-state index contributed by atoms with van der Waals surface area (Å²) in [6.45, 7) is 14.6. The summed E-state index contributed by atoms with van der Waals surface area (Å²) in [6, 6.07) is 13.7. The zero-order valence-corrected chi connectivity index (χ0v) is 37.6. The fourth-order valence-electron chi connectivity index (χ4n) is 9.05. The van der Waals surface area contributed by atoms with Gasteiger partial charge in [0.2, 0.25) is 0 Å². The number of hydrogen-bond donors (Lipinski definition) is 1. The Kier molecular flexibility index (Phi) is 11.8. The SMILES string of the molecule is COC(=O)[C@@H]1CC2(CC(Cl)c3c(c(C)nc4ccccc34)O2)CN1C(=O)OC(C)(C)C.COC(=O)[C@@H]1CC2(CC(O)c3c(c(C)nc4ccccc34)O2)CN1C(=O)OC(C)(C)C. The third kappa shape index (κ3) is 8.65. The third-order valence-corrected chi connectivity index (χ3v) is 11.9. The number of aliphatic hydroxyl groups is 1. The Balaban J connectivity index is 0.000000186. The number of aryl methyl sites for hydroxylation is 2. The Hall–Kier alpha value is -5.41. The predicted octanol–water partition coefficient (Wildman–Crippen LogP) is 7.81. The summed E-state index contributed by atoms with van der Waals surface area (Å²) >= 11 is 6.90. The lowest BCUT2D eigenvalue weighted by Crippen LogP contribution is -2.46. The zero-order chi connectivity index (χ0) is 45.1. The molecule has 1 N–H and O–H groups in total. The molecule has 2 aromatic heterocycles. The van der Waals surface area contributed by atoms with Crippen molar-refractivity contribution in [3.63, 3.8) is 0 Å². The van der Waals surface area contributed by atoms with Gasteiger partial charge in [-0.1, -0.05) is 36.4 Å². The van der Waals surface area contributed by atoms with E-state index in [1.165, 1.54) is 24.0 Å². The average Bonchev–Trinajstić information content (AvgIpc) is 3.75. The van der Waals surface area contributed by atoms with Crippen LogP contribution in [0.4, 0.5) is 9.59 Å². The van der Waals surface area contributed by atoms with Gasteiger partial charge in [0.05, 0.1) is 61.2 Å². The number of halogens is 1. The molecule has 16 heteroatoms. The highest BCUT2D eigenvalue weighted by Gasteiger charge is 2.57. The highest BCUT2D eigenvalue weighted by Crippen LogP contribution is 2.52. The Morgan fingerprint density at radius 3 is 1.52 bits per heavy atom. The molecule has 0 bridgehead atoms. The number of aromatic nitrogens is 2. The number of carbonyl (C=O) groups is 4. The molecule has 4 aliphatic rings. The monoisotopic (exact) mass is 874 g/mol. The topological polar surface area (TPSA) is 176 Å². The van der Waals surface area contributed by atoms with Gasteiger partial charge in [0.25, 0.3) is 0 Å². The van der Waals surface area contributed by atoms with E-state index in [1.807, 2.05) is 62.4 Å². The van der Waals surface area contributed by atoms with Gasteiger partial charge < -0.3 is 33.5 Å². The van der Waals surface area contributed by atoms with E-state index in [2.05, 4.69) is 9.97 Å². The third-order valence-electron chi connectivity index (χ3n) is 11.5. The van der Waals surface area contributed by atoms with Crippen molar-refractivity contribution in [1.82, 2.24) is 19.8 Å². The summed E-state index contributed by atoms with van der Waals surface area (Å²) < 4.78 is 33.9. The van der Waals surface area contributed by atoms with Crippen molar-refractivity contribution >= 4 is 57.5 Å². The van der Waals surface area contributed by atoms with Crippen LogP contribution in [0.15, 0.2) is 48.5 Å². The fraction of sp³-hybridized carbons (Fsp3) is 0.522. The number of pyridine rings is 2. The van der Waals surface area contributed by atoms with Crippen LogP contribution >= 0.6 is 11.6 Å². The van der Waals surface area contributed by atoms with E-state index in [0.29, 0.717) is 29.2 Å². The van der Waals surface area contributed by atoms with E-state index in [4.69, 9.17) is 40.0 Å². The van der Waals surface area contributed by atoms with Gasteiger partial charge in [-0.2, -0.15) is 0 Å². The lowest BCUT2D eigenvalue weighted by Gasteiger charge is -2.39. The molecule has 0 saturated carbocycles. The minimum Gasteiger partial charge on any atom is -0.483 e. The highest BCUT2D eigenvalue weighted by molar-refractivity contribution is 6.22. The van der Waals surface area contributed by atoms with Gasteiger partial charge in [0, 0.05) is 47.6 Å². The lowest BCUT2D eigenvalue weighted by molar-refractivity contribution is -0.146. The van der Waals surface area contributed by atoms with Crippen LogP contribution in [0.1, 0.15) is 101 Å². The molecular formula is C46H55ClN4O11. The molecule has 6 atom stereocenters. The summed E-state index contributed by atoms with van der Waals surface area (Å²) in [5, 5.41) is 12.6. The zero-order valence-electron chi connectivity index (χ0n) is 36.9. The van der Waals surface area contributed by atoms with Gasteiger partial charge in [0.1, 0.15) is 46.0 Å². The molecule has 2 saturated heterocycles. The first kappa shape index (κ1) is 44.6. The molecule has 4 aromatic rings. The number of amides is 2. The number of rotatable bonds is 2. The normalized spacial score (nSPS) is 25.3. The van der Waals surface area contributed by atoms with Crippen molar-refractivity contribution in [3.05, 3.63) is 71.0 Å². The minimum atomic E-state index is -0.947. The first-order valence-electron chi connectivity index (χ1n) is 20.7. The van der Waals surface area contributed by atoms with Crippen LogP contribution < -0.4 is 9.47 Å². The number of carbonyl (C=O) groups excluding carboxylic acids is 4. The Labute approximate surface area is 365 Å². The van der Waals surface area contributed by atoms with Gasteiger partial charge in [-0.25, -0.2) is 29.1 Å². The van der Waals surface area contributed by atoms with Crippen LogP contribution in [-0.2, 0) is 28.5 Å². The molecule has 2 fully saturated rings. The minimum absolute atomic E-state index is 0.102. The second-order valence-electron chi connectivity index (χ2n) is 18.6. The van der Waals surface area contributed by atoms with Crippen LogP contribution in [0.5, 0.6) is 11.5 Å². The molecule has 8 rings (SSSR count). The number of aliphatic hydroxyl groups excluding tert-OH is 1. The molecule has 62 heavy (non-hydrogen) atoms. The van der Waals surface area contributed by atoms with Crippen molar-refractivity contribution in [2.24, 2.45) is 0 Å². The average molecular weight is 875 g/mol. The number of methoxy groups -OCH3 is 2. The maximum Gasteiger partial charge on any atom is 0.411 e. The van der Waals surface area contributed by atoms with Crippen LogP contribution in [-0.4, -0.2) is 111 Å². The van der Waals surface area contributed by atoms with Gasteiger partial charge in [-0.15, -0.1) is 11.6 Å². The Morgan fingerprint density at radius 1 is 0.677 bits per heavy atom. The largest absolute Gasteiger partial charge is 0.483 e. The van der Waals surface area contributed by atoms with E-state index in [-0.39, 0.29) is 37.7 Å². The first-order chi connectivity index (χ1) is 29.1. The van der Waals surface area contributed by atoms with E-state index in [1.54, 1.807) is 41.5 Å². The molecule has 0 aliphatic carbocycles. The molecule has 0 radical (unpaired) electrons. The number of fused-ring (bicyclic) bond motifs is 6. The molecule has 2 aromatic carbocycles. The molecule has 332 valence electrons. The first-order valence-corrected chi connectivity index (χ1v) is 21.1. The summed E-state index contributed by atoms with van der Waals surface area (Å²) in [4.78, 5) is 62.8. The van der Waals surface area contributed by atoms with Crippen LogP contribution in [0, 0.1) is 13.8 Å². The van der Waals surface area contributed by atoms with Gasteiger partial charge in [-0.3, -0.25) is 9.80 Å². The summed E-state index contributed by atoms with van der Waals surface area (Å²) in [7, 11) is 2.59. The molecule has 4 aliphatic heterocycles. The summed E-state index contributed by atoms with van der Waals surface area (Å²) in [6.07, 6.45) is -0.865. The maximum absolute atomic E-state index is 12.9. The number of para-hydroxylation sites is 2. The van der Waals surface area contributed by atoms with Crippen molar-refractivity contribution in [3.8, 4) is 11.5 Å². The van der Waals surface area contributed by atoms with E-state index in [9.17, 15) is 24.3 Å². The molecule has 15 nitrogen and oxygen atoms in total. The quantitative estimate of drug-likeness (QED) is 0.117. The fourth-order valence-corrected chi connectivity index (χ4v) is 9.55. The highest BCUT2D eigenvalue weighted by atomic mass is 35.5. The van der Waals surface area contributed by atoms with Crippen molar-refractivity contribution < 1.29 is 52.7 Å². The van der Waals surface area contributed by atoms with Crippen LogP contribution in [0.25, 0.3) is 21.8 Å². The molecular weight excluding hydrogens is 820 g/mol. The number of benzene rings is 2. The molecule has 4 unspecified atom stereocenters. The number of likely N-dealkylation sites (tertiary alicyclic amines) is 2. The number of hydrogen-bond acceptors (Lipinski definition) is 13.